The lowest BCUT2D eigenvalue weighted by Crippen LogP contribution is -2.41. The smallest absolute Gasteiger partial charge is 0.273 e. The molecule has 1 heterocycles. The van der Waals surface area contributed by atoms with Crippen molar-refractivity contribution in [1.29, 1.82) is 0 Å². The molecule has 1 atom stereocenters. The van der Waals surface area contributed by atoms with Gasteiger partial charge in [-0.1, -0.05) is 32.9 Å². The third-order valence-corrected chi connectivity index (χ3v) is 7.47. The lowest BCUT2D eigenvalue weighted by molar-refractivity contribution is 0.0949. The van der Waals surface area contributed by atoms with Gasteiger partial charge >= 0.3 is 0 Å². The van der Waals surface area contributed by atoms with E-state index in [2.05, 4.69) is 26.2 Å². The molecule has 1 aromatic heterocycles. The molecule has 0 bridgehead atoms. The van der Waals surface area contributed by atoms with Crippen LogP contribution in [0.25, 0.3) is 0 Å². The molecule has 8 heteroatoms. The lowest BCUT2D eigenvalue weighted by Gasteiger charge is -2.33. The van der Waals surface area contributed by atoms with Crippen LogP contribution in [0.15, 0.2) is 35.2 Å². The van der Waals surface area contributed by atoms with Gasteiger partial charge in [0.05, 0.1) is 4.88 Å². The van der Waals surface area contributed by atoms with Crippen LogP contribution in [0.1, 0.15) is 47.3 Å². The van der Waals surface area contributed by atoms with Gasteiger partial charge in [-0.15, -0.1) is 16.2 Å². The Balaban J connectivity index is 1.70. The van der Waals surface area contributed by atoms with Gasteiger partial charge in [0.2, 0.25) is 0 Å². The number of carbonyl (C=O) groups excluding carboxylic acids is 1. The van der Waals surface area contributed by atoms with Crippen LogP contribution in [0.4, 0.5) is 4.39 Å². The van der Waals surface area contributed by atoms with Crippen molar-refractivity contribution in [3.8, 4) is 0 Å². The maximum Gasteiger partial charge on any atom is 0.276 e. The van der Waals surface area contributed by atoms with Gasteiger partial charge in [0.1, 0.15) is 10.7 Å². The van der Waals surface area contributed by atoms with Crippen LogP contribution in [0.2, 0.25) is 0 Å². The highest BCUT2D eigenvalue weighted by atomic mass is 32.2. The number of aryl methyl sites for hydroxylation is 1. The van der Waals surface area contributed by atoms with E-state index in [-0.39, 0.29) is 5.41 Å². The van der Waals surface area contributed by atoms with Crippen molar-refractivity contribution in [2.75, 3.05) is 0 Å². The first-order valence-electron chi connectivity index (χ1n) is 8.76. The summed E-state index contributed by atoms with van der Waals surface area (Å²) in [7, 11) is -4.18. The average Bonchev–Trinajstić information content (AvgIpc) is 3.02. The van der Waals surface area contributed by atoms with Gasteiger partial charge in [0.25, 0.3) is 15.9 Å². The number of benzene rings is 1. The van der Waals surface area contributed by atoms with Crippen LogP contribution in [0.5, 0.6) is 0 Å². The number of carbonyl (C=O) groups is 1. The molecule has 1 aliphatic carbocycles. The van der Waals surface area contributed by atoms with E-state index in [1.54, 1.807) is 0 Å². The van der Waals surface area contributed by atoms with Crippen LogP contribution in [0, 0.1) is 17.2 Å². The summed E-state index contributed by atoms with van der Waals surface area (Å²) in [4.78, 5) is 15.5. The van der Waals surface area contributed by atoms with Crippen molar-refractivity contribution < 1.29 is 17.6 Å². The second kappa shape index (κ2) is 7.33. The Hall–Kier alpha value is -1.77. The molecule has 2 aromatic rings. The maximum absolute atomic E-state index is 13.7. The first kappa shape index (κ1) is 20.0. The number of fused-ring (bicyclic) bond motifs is 1. The van der Waals surface area contributed by atoms with Gasteiger partial charge in [0, 0.05) is 4.88 Å². The van der Waals surface area contributed by atoms with Gasteiger partial charge in [0.15, 0.2) is 0 Å². The summed E-state index contributed by atoms with van der Waals surface area (Å²) < 4.78 is 38.0. The molecule has 5 nitrogen and oxygen atoms in total. The molecule has 0 fully saturated rings. The van der Waals surface area contributed by atoms with Crippen molar-refractivity contribution in [2.45, 2.75) is 44.9 Å². The molecule has 27 heavy (non-hydrogen) atoms. The number of hydrogen-bond donors (Lipinski definition) is 2. The molecule has 1 aromatic carbocycles. The Kier molecular flexibility index (Phi) is 5.42. The fourth-order valence-corrected chi connectivity index (χ4v) is 5.29. The van der Waals surface area contributed by atoms with Crippen molar-refractivity contribution in [1.82, 2.24) is 10.3 Å². The van der Waals surface area contributed by atoms with Gasteiger partial charge in [-0.3, -0.25) is 10.2 Å². The highest BCUT2D eigenvalue weighted by Crippen LogP contribution is 2.40. The molecular formula is C19H23FN2O3S2. The molecule has 0 unspecified atom stereocenters. The first-order chi connectivity index (χ1) is 12.6. The number of sulfonamides is 1. The Morgan fingerprint density at radius 3 is 2.63 bits per heavy atom. The van der Waals surface area contributed by atoms with Crippen molar-refractivity contribution in [3.63, 3.8) is 0 Å². The lowest BCUT2D eigenvalue weighted by atomic mass is 9.72. The minimum Gasteiger partial charge on any atom is -0.273 e. The second-order valence-corrected chi connectivity index (χ2v) is 10.6. The summed E-state index contributed by atoms with van der Waals surface area (Å²) in [6, 6.07) is 6.84. The zero-order valence-electron chi connectivity index (χ0n) is 15.5. The molecule has 3 rings (SSSR count). The quantitative estimate of drug-likeness (QED) is 0.756. The number of rotatable bonds is 4. The third kappa shape index (κ3) is 4.39. The molecule has 0 saturated carbocycles. The van der Waals surface area contributed by atoms with Gasteiger partial charge < -0.3 is 0 Å². The Morgan fingerprint density at radius 1 is 1.26 bits per heavy atom. The first-order valence-corrected chi connectivity index (χ1v) is 11.1. The zero-order valence-corrected chi connectivity index (χ0v) is 17.1. The van der Waals surface area contributed by atoms with Crippen LogP contribution in [-0.4, -0.2) is 14.3 Å². The zero-order chi connectivity index (χ0) is 19.8. The molecule has 1 amide bonds. The molecule has 0 spiro atoms. The molecule has 146 valence electrons. The van der Waals surface area contributed by atoms with Crippen molar-refractivity contribution in [3.05, 3.63) is 51.5 Å². The summed E-state index contributed by atoms with van der Waals surface area (Å²) in [5, 5.41) is 0. The standard InChI is InChI=1S/C19H23FN2O3S2/c1-19(2,3)13-8-9-15-12(10-13)11-16(26-15)18(23)21-22-27(24,25)17-7-5-4-6-14(17)20/h4-7,11,13,22H,8-10H2,1-3H3,(H,21,23)/t13-/m0/s1. The van der Waals surface area contributed by atoms with Crippen LogP contribution in [-0.2, 0) is 22.9 Å². The minimum atomic E-state index is -4.18. The van der Waals surface area contributed by atoms with Gasteiger partial charge in [-0.2, -0.15) is 0 Å². The third-order valence-electron chi connectivity index (χ3n) is 4.96. The van der Waals surface area contributed by atoms with E-state index in [9.17, 15) is 17.6 Å². The van der Waals surface area contributed by atoms with E-state index < -0.39 is 26.6 Å². The number of amides is 1. The number of hydrazine groups is 1. The van der Waals surface area contributed by atoms with Crippen LogP contribution in [0.3, 0.4) is 0 Å². The Morgan fingerprint density at radius 2 is 1.96 bits per heavy atom. The molecule has 0 saturated heterocycles. The fraction of sp³-hybridized carbons (Fsp3) is 0.421. The number of nitrogens with one attached hydrogen (secondary N) is 2. The summed E-state index contributed by atoms with van der Waals surface area (Å²) in [5.74, 6) is -0.865. The van der Waals surface area contributed by atoms with E-state index in [1.165, 1.54) is 28.3 Å². The van der Waals surface area contributed by atoms with Crippen LogP contribution >= 0.6 is 11.3 Å². The largest absolute Gasteiger partial charge is 0.276 e. The average molecular weight is 411 g/mol. The maximum atomic E-state index is 13.7. The van der Waals surface area contributed by atoms with E-state index in [1.807, 2.05) is 10.9 Å². The molecule has 2 N–H and O–H groups in total. The predicted molar refractivity (Wildman–Crippen MR) is 103 cm³/mol. The number of halogens is 1. The molecule has 1 aliphatic rings. The summed E-state index contributed by atoms with van der Waals surface area (Å²) in [5.41, 5.74) is 3.55. The SMILES string of the molecule is CC(C)(C)[C@H]1CCc2sc(C(=O)NNS(=O)(=O)c3ccccc3F)cc2C1. The highest BCUT2D eigenvalue weighted by Gasteiger charge is 2.30. The summed E-state index contributed by atoms with van der Waals surface area (Å²) in [6.07, 6.45) is 2.93. The van der Waals surface area contributed by atoms with E-state index in [0.717, 1.165) is 37.0 Å². The summed E-state index contributed by atoms with van der Waals surface area (Å²) in [6.45, 7) is 6.67. The monoisotopic (exact) mass is 410 g/mol. The number of hydrogen-bond acceptors (Lipinski definition) is 4. The van der Waals surface area contributed by atoms with E-state index in [4.69, 9.17) is 0 Å². The topological polar surface area (TPSA) is 75.3 Å². The van der Waals surface area contributed by atoms with E-state index in [0.29, 0.717) is 10.8 Å². The Labute approximate surface area is 163 Å². The predicted octanol–water partition coefficient (Wildman–Crippen LogP) is 3.66. The van der Waals surface area contributed by atoms with Gasteiger partial charge in [-0.05, 0) is 54.4 Å². The van der Waals surface area contributed by atoms with Gasteiger partial charge in [-0.25, -0.2) is 12.8 Å². The fourth-order valence-electron chi connectivity index (χ4n) is 3.27. The molecule has 0 radical (unpaired) electrons. The van der Waals surface area contributed by atoms with E-state index >= 15 is 0 Å². The van der Waals surface area contributed by atoms with Crippen LogP contribution < -0.4 is 10.3 Å². The summed E-state index contributed by atoms with van der Waals surface area (Å²) >= 11 is 1.38. The molecule has 0 aliphatic heterocycles. The molecular weight excluding hydrogens is 387 g/mol. The highest BCUT2D eigenvalue weighted by molar-refractivity contribution is 7.89. The second-order valence-electron chi connectivity index (χ2n) is 7.85. The minimum absolute atomic E-state index is 0.206. The normalized spacial score (nSPS) is 17.4. The van der Waals surface area contributed by atoms with Crippen molar-refractivity contribution >= 4 is 27.3 Å². The number of thiophene rings is 1. The Bertz CT molecular complexity index is 962. The van der Waals surface area contributed by atoms with Crippen molar-refractivity contribution in [2.24, 2.45) is 11.3 Å².